The number of halogens is 7. The number of hydrogen-bond acceptors (Lipinski definition) is 0. The van der Waals surface area contributed by atoms with Crippen LogP contribution in [0.15, 0.2) is 0 Å². The van der Waals surface area contributed by atoms with Crippen LogP contribution in [0.25, 0.3) is 0 Å². The average Bonchev–Trinajstić information content (AvgIpc) is 0.851. The Morgan fingerprint density at radius 3 is 0.515 bits per heavy atom. The molecule has 0 aliphatic carbocycles. The van der Waals surface area contributed by atoms with E-state index in [0.29, 0.717) is 102 Å². The van der Waals surface area contributed by atoms with E-state index in [9.17, 15) is 30.7 Å². The third-order valence-electron chi connectivity index (χ3n) is 23.3. The quantitative estimate of drug-likeness (QED) is 0.0719. The molecule has 0 N–H and O–H groups in total. The van der Waals surface area contributed by atoms with E-state index in [1.807, 2.05) is 69.2 Å². The highest BCUT2D eigenvalue weighted by Gasteiger charge is 2.38. The van der Waals surface area contributed by atoms with Crippen molar-refractivity contribution in [2.75, 3.05) is 0 Å². The van der Waals surface area contributed by atoms with Crippen LogP contribution in [0.1, 0.15) is 468 Å². The van der Waals surface area contributed by atoms with E-state index < -0.39 is 39.7 Å². The maximum absolute atomic E-state index is 14.0. The third kappa shape index (κ3) is 69.0. The molecule has 0 saturated carbocycles. The van der Waals surface area contributed by atoms with Crippen LogP contribution in [0.3, 0.4) is 0 Å². The van der Waals surface area contributed by atoms with Crippen molar-refractivity contribution in [3.63, 3.8) is 0 Å². The average molecular weight is 1440 g/mol. The Hall–Kier alpha value is -0.490. The van der Waals surface area contributed by atoms with Gasteiger partial charge in [-0.25, -0.2) is 30.7 Å². The SMILES string of the molecule is CC(C)C(C(C)C)C(C)(C)F.CC(C)C(C)(C)C.CCC(C)(CC)C(C)(C)C.CCC(C)(F)CC.CCC(CC)C(C)(C)C.CCC(CC)[C@@](C)(F)CC.CCC(CC)[C@@](C)(F)CC.CCCC(C)(C)C.CCC[C@@](C)(F)CC.CC[C@](C)(F)C(C(C)C)C(C)C.CC[C@](C)(F)C(C)C. The maximum atomic E-state index is 14.0. The van der Waals surface area contributed by atoms with Crippen LogP contribution in [0, 0.1) is 92.2 Å². The highest BCUT2D eigenvalue weighted by molar-refractivity contribution is 4.87. The largest absolute Gasteiger partial charge is 0.244 e. The van der Waals surface area contributed by atoms with Crippen molar-refractivity contribution < 1.29 is 30.7 Å². The molecule has 0 heterocycles. The lowest BCUT2D eigenvalue weighted by atomic mass is 9.65. The van der Waals surface area contributed by atoms with Gasteiger partial charge in [-0.2, -0.15) is 0 Å². The summed E-state index contributed by atoms with van der Waals surface area (Å²) in [6.07, 6.45) is 17.7. The van der Waals surface area contributed by atoms with Crippen LogP contribution in [0.5, 0.6) is 0 Å². The van der Waals surface area contributed by atoms with Gasteiger partial charge in [-0.15, -0.1) is 0 Å². The normalized spacial score (nSPS) is 15.3. The lowest BCUT2D eigenvalue weighted by molar-refractivity contribution is 0.0354. The van der Waals surface area contributed by atoms with E-state index in [-0.39, 0.29) is 29.6 Å². The van der Waals surface area contributed by atoms with Gasteiger partial charge in [-0.1, -0.05) is 355 Å². The minimum Gasteiger partial charge on any atom is -0.244 e. The minimum atomic E-state index is -1.04. The smallest absolute Gasteiger partial charge is 0.111 e. The van der Waals surface area contributed by atoms with Crippen molar-refractivity contribution in [1.82, 2.24) is 0 Å². The molecule has 5 atom stereocenters. The molecular weight excluding hydrogens is 1240 g/mol. The van der Waals surface area contributed by atoms with Gasteiger partial charge < -0.3 is 0 Å². The highest BCUT2D eigenvalue weighted by atomic mass is 19.2. The molecule has 0 aliphatic heterocycles. The summed E-state index contributed by atoms with van der Waals surface area (Å²) >= 11 is 0. The molecule has 0 saturated heterocycles. The summed E-state index contributed by atoms with van der Waals surface area (Å²) in [5, 5.41) is 0. The van der Waals surface area contributed by atoms with Crippen LogP contribution in [-0.2, 0) is 0 Å². The molecule has 0 aromatic carbocycles. The van der Waals surface area contributed by atoms with Crippen LogP contribution in [-0.4, -0.2) is 39.7 Å². The zero-order valence-corrected chi connectivity index (χ0v) is 78.4. The van der Waals surface area contributed by atoms with Crippen molar-refractivity contribution in [2.45, 2.75) is 508 Å². The Balaban J connectivity index is -0.0000000960. The summed E-state index contributed by atoms with van der Waals surface area (Å²) in [5.74, 6) is 4.40. The molecule has 0 unspecified atom stereocenters. The molecule has 0 aliphatic rings. The van der Waals surface area contributed by atoms with Gasteiger partial charge in [-0.05, 0) is 205 Å². The Bertz CT molecular complexity index is 1610. The Morgan fingerprint density at radius 2 is 0.485 bits per heavy atom. The first kappa shape index (κ1) is 122. The summed E-state index contributed by atoms with van der Waals surface area (Å²) < 4.78 is 92.8. The van der Waals surface area contributed by atoms with E-state index in [0.717, 1.165) is 43.9 Å². The Labute approximate surface area is 627 Å². The molecule has 0 nitrogen and oxygen atoms in total. The lowest BCUT2D eigenvalue weighted by Gasteiger charge is -2.40. The number of alkyl halides is 7. The van der Waals surface area contributed by atoms with Gasteiger partial charge in [-0.3, -0.25) is 0 Å². The zero-order valence-electron chi connectivity index (χ0n) is 78.4. The van der Waals surface area contributed by atoms with Crippen molar-refractivity contribution in [3.8, 4) is 0 Å². The van der Waals surface area contributed by atoms with E-state index >= 15 is 0 Å². The van der Waals surface area contributed by atoms with E-state index in [4.69, 9.17) is 0 Å². The first-order valence-corrected chi connectivity index (χ1v) is 41.7. The predicted octanol–water partition coefficient (Wildman–Crippen LogP) is 35.9. The fourth-order valence-corrected chi connectivity index (χ4v) is 12.5. The summed E-state index contributed by atoms with van der Waals surface area (Å²) in [6.45, 7) is 103. The second-order valence-corrected chi connectivity index (χ2v) is 38.2. The number of hydrogen-bond donors (Lipinski definition) is 0. The van der Waals surface area contributed by atoms with Crippen LogP contribution < -0.4 is 0 Å². The molecule has 7 heteroatoms. The third-order valence-corrected chi connectivity index (χ3v) is 23.3. The first-order valence-electron chi connectivity index (χ1n) is 41.7. The van der Waals surface area contributed by atoms with Gasteiger partial charge in [0.15, 0.2) is 0 Å². The molecule has 0 bridgehead atoms. The lowest BCUT2D eigenvalue weighted by Crippen LogP contribution is -2.36. The number of rotatable bonds is 27. The zero-order chi connectivity index (χ0) is 82.8. The molecule has 0 amide bonds. The molecule has 0 rings (SSSR count). The van der Waals surface area contributed by atoms with Gasteiger partial charge >= 0.3 is 0 Å². The van der Waals surface area contributed by atoms with Crippen LogP contribution in [0.4, 0.5) is 30.7 Å². The Kier molecular flexibility index (Phi) is 73.6. The molecule has 0 aromatic heterocycles. The predicted molar refractivity (Wildman–Crippen MR) is 449 cm³/mol. The highest BCUT2D eigenvalue weighted by Crippen LogP contribution is 2.44. The second kappa shape index (κ2) is 59.5. The monoisotopic (exact) mass is 1440 g/mol. The van der Waals surface area contributed by atoms with E-state index in [1.54, 1.807) is 55.4 Å². The molecule has 616 valence electrons. The molecule has 0 fully saturated rings. The molecule has 99 heavy (non-hydrogen) atoms. The van der Waals surface area contributed by atoms with Gasteiger partial charge in [0.2, 0.25) is 0 Å². The Morgan fingerprint density at radius 1 is 0.242 bits per heavy atom. The fraction of sp³-hybridized carbons (Fsp3) is 1.00. The van der Waals surface area contributed by atoms with E-state index in [1.165, 1.54) is 38.5 Å². The molecule has 0 radical (unpaired) electrons. The molecule has 0 spiro atoms. The summed E-state index contributed by atoms with van der Waals surface area (Å²) in [6, 6.07) is 0. The first-order chi connectivity index (χ1) is 43.9. The summed E-state index contributed by atoms with van der Waals surface area (Å²) in [5.41, 5.74) is -4.16. The van der Waals surface area contributed by atoms with Gasteiger partial charge in [0, 0.05) is 0 Å². The molecular formula is C92H199F7. The summed E-state index contributed by atoms with van der Waals surface area (Å²) in [4.78, 5) is 0. The molecule has 0 aromatic rings. The van der Waals surface area contributed by atoms with Crippen molar-refractivity contribution in [2.24, 2.45) is 92.2 Å². The maximum Gasteiger partial charge on any atom is 0.111 e. The fourth-order valence-electron chi connectivity index (χ4n) is 12.5. The minimum absolute atomic E-state index is 0.146. The topological polar surface area (TPSA) is 0 Å². The van der Waals surface area contributed by atoms with Crippen LogP contribution in [0.2, 0.25) is 0 Å². The standard InChI is InChI=1S/C11H23F.C10H21F.C10H22.2C9H19F.C9H20.2C7H15F.2C7H16.C6H13F/c1-7-11(6,12)10(8(2)3)9(4)5;1-7(2)9(8(3)4)10(5,6)11;1-7-10(6,8-2)9(3,4)5;2*1-5-8(6-2)9(4,10)7-3;1-6-8(7-2)9(3,4)5;1-5-7(4,8)6(2)3;1-4-6-7(3,8)5-2;1-6(2)7(3,4)5;1-5-6-7(2,3)4;1-4-6(3,7)5-2/h8-10H,7H2,1-6H3;7-9H,1-6H3;7-8H2,1-6H3;2*8H,5-7H2,1-4H3;8H,6-7H2,1-5H3;6H,5H2,1-4H3;4-6H2,1-3H3;6H,1-5H3;5-6H2,1-4H3;4-5H2,1-3H3/t11-;;;2*9-;;2*7-;;;/m0..00.00.../s1. The van der Waals surface area contributed by atoms with Gasteiger partial charge in [0.1, 0.15) is 39.7 Å². The van der Waals surface area contributed by atoms with Gasteiger partial charge in [0.05, 0.1) is 0 Å². The van der Waals surface area contributed by atoms with Crippen LogP contribution >= 0.6 is 0 Å². The van der Waals surface area contributed by atoms with Gasteiger partial charge in [0.25, 0.3) is 0 Å². The second-order valence-electron chi connectivity index (χ2n) is 38.2. The van der Waals surface area contributed by atoms with Crippen molar-refractivity contribution in [1.29, 1.82) is 0 Å². The van der Waals surface area contributed by atoms with Crippen molar-refractivity contribution >= 4 is 0 Å². The summed E-state index contributed by atoms with van der Waals surface area (Å²) in [7, 11) is 0. The van der Waals surface area contributed by atoms with E-state index in [2.05, 4.69) is 222 Å². The van der Waals surface area contributed by atoms with Crippen molar-refractivity contribution in [3.05, 3.63) is 0 Å².